The van der Waals surface area contributed by atoms with Gasteiger partial charge in [0.15, 0.2) is 11.0 Å². The van der Waals surface area contributed by atoms with Gasteiger partial charge >= 0.3 is 0 Å². The first-order chi connectivity index (χ1) is 15.0. The second kappa shape index (κ2) is 9.40. The van der Waals surface area contributed by atoms with Crippen molar-refractivity contribution < 1.29 is 4.79 Å². The van der Waals surface area contributed by atoms with Crippen LogP contribution in [0.1, 0.15) is 34.9 Å². The molecule has 0 spiro atoms. The Bertz CT molecular complexity index is 1110. The van der Waals surface area contributed by atoms with E-state index >= 15 is 0 Å². The number of carbonyl (C=O) groups is 1. The van der Waals surface area contributed by atoms with Crippen LogP contribution in [0.5, 0.6) is 0 Å². The highest BCUT2D eigenvalue weighted by Gasteiger charge is 2.24. The smallest absolute Gasteiger partial charge is 0.234 e. The molecule has 0 radical (unpaired) electrons. The normalized spacial score (nSPS) is 15.5. The van der Waals surface area contributed by atoms with E-state index in [1.807, 2.05) is 42.5 Å². The summed E-state index contributed by atoms with van der Waals surface area (Å²) in [7, 11) is 0. The molecule has 1 amide bonds. The molecular formula is C24H28N4OS2. The number of nitrogens with one attached hydrogen (secondary N) is 1. The molecule has 2 heterocycles. The second-order valence-corrected chi connectivity index (χ2v) is 10.1. The average molecular weight is 453 g/mol. The van der Waals surface area contributed by atoms with Crippen molar-refractivity contribution in [1.82, 2.24) is 14.8 Å². The Morgan fingerprint density at radius 2 is 2.19 bits per heavy atom. The van der Waals surface area contributed by atoms with Crippen molar-refractivity contribution in [2.24, 2.45) is 5.92 Å². The van der Waals surface area contributed by atoms with E-state index < -0.39 is 0 Å². The van der Waals surface area contributed by atoms with E-state index in [2.05, 4.69) is 45.9 Å². The molecule has 1 unspecified atom stereocenters. The van der Waals surface area contributed by atoms with Crippen LogP contribution in [0.3, 0.4) is 0 Å². The molecular weight excluding hydrogens is 424 g/mol. The van der Waals surface area contributed by atoms with E-state index in [0.29, 0.717) is 6.54 Å². The van der Waals surface area contributed by atoms with Crippen molar-refractivity contribution >= 4 is 34.7 Å². The fourth-order valence-corrected chi connectivity index (χ4v) is 5.89. The van der Waals surface area contributed by atoms with Gasteiger partial charge in [-0.1, -0.05) is 30.8 Å². The lowest BCUT2D eigenvalue weighted by Crippen LogP contribution is -2.15. The Hall–Kier alpha value is -2.38. The summed E-state index contributed by atoms with van der Waals surface area (Å²) in [6.45, 7) is 10.9. The number of aromatic nitrogens is 3. The predicted molar refractivity (Wildman–Crippen MR) is 130 cm³/mol. The number of nitrogens with zero attached hydrogens (tertiary/aromatic N) is 3. The summed E-state index contributed by atoms with van der Waals surface area (Å²) in [6.07, 6.45) is 5.31. The Labute approximate surface area is 192 Å². The molecule has 3 aromatic rings. The maximum absolute atomic E-state index is 12.5. The minimum absolute atomic E-state index is 0.0511. The quantitative estimate of drug-likeness (QED) is 0.371. The summed E-state index contributed by atoms with van der Waals surface area (Å²) in [4.78, 5) is 14.0. The van der Waals surface area contributed by atoms with Crippen molar-refractivity contribution in [3.05, 3.63) is 57.8 Å². The number of rotatable bonds is 7. The Balaban J connectivity index is 1.49. The molecule has 2 aromatic heterocycles. The van der Waals surface area contributed by atoms with Crippen LogP contribution in [-0.4, -0.2) is 26.4 Å². The van der Waals surface area contributed by atoms with E-state index in [-0.39, 0.29) is 11.7 Å². The molecule has 1 aromatic carbocycles. The number of anilines is 1. The molecule has 0 saturated carbocycles. The van der Waals surface area contributed by atoms with Gasteiger partial charge in [-0.3, -0.25) is 9.36 Å². The lowest BCUT2D eigenvalue weighted by Gasteiger charge is -2.19. The molecule has 0 fully saturated rings. The molecule has 1 atom stereocenters. The lowest BCUT2D eigenvalue weighted by atomic mass is 9.88. The minimum atomic E-state index is -0.0511. The van der Waals surface area contributed by atoms with Gasteiger partial charge in [0.25, 0.3) is 0 Å². The maximum Gasteiger partial charge on any atom is 0.234 e. The topological polar surface area (TPSA) is 59.8 Å². The van der Waals surface area contributed by atoms with Crippen molar-refractivity contribution in [1.29, 1.82) is 0 Å². The molecule has 0 saturated heterocycles. The average Bonchev–Trinajstić information content (AvgIpc) is 3.33. The molecule has 0 bridgehead atoms. The molecule has 4 rings (SSSR count). The van der Waals surface area contributed by atoms with Gasteiger partial charge in [-0.15, -0.1) is 28.1 Å². The number of hydrogen-bond donors (Lipinski definition) is 1. The van der Waals surface area contributed by atoms with Gasteiger partial charge in [0.1, 0.15) is 0 Å². The van der Waals surface area contributed by atoms with Crippen LogP contribution in [0.15, 0.2) is 41.4 Å². The van der Waals surface area contributed by atoms with E-state index in [1.54, 1.807) is 0 Å². The highest BCUT2D eigenvalue weighted by Crippen LogP contribution is 2.38. The van der Waals surface area contributed by atoms with Crippen LogP contribution in [-0.2, 0) is 24.2 Å². The number of hydrogen-bond acceptors (Lipinski definition) is 5. The van der Waals surface area contributed by atoms with E-state index in [4.69, 9.17) is 0 Å². The first kappa shape index (κ1) is 21.8. The number of carbonyl (C=O) groups excluding carboxylic acids is 1. The van der Waals surface area contributed by atoms with Gasteiger partial charge in [-0.05, 0) is 67.9 Å². The van der Waals surface area contributed by atoms with Gasteiger partial charge in [0, 0.05) is 28.1 Å². The van der Waals surface area contributed by atoms with Gasteiger partial charge < -0.3 is 5.32 Å². The third-order valence-electron chi connectivity index (χ3n) is 5.79. The van der Waals surface area contributed by atoms with Crippen LogP contribution >= 0.6 is 23.1 Å². The van der Waals surface area contributed by atoms with Crippen LogP contribution < -0.4 is 5.32 Å². The van der Waals surface area contributed by atoms with E-state index in [1.165, 1.54) is 39.8 Å². The summed E-state index contributed by atoms with van der Waals surface area (Å²) >= 11 is 3.24. The Morgan fingerprint density at radius 3 is 2.97 bits per heavy atom. The third kappa shape index (κ3) is 4.77. The number of thioether (sulfide) groups is 1. The van der Waals surface area contributed by atoms with Crippen molar-refractivity contribution in [3.8, 4) is 11.4 Å². The first-order valence-electron chi connectivity index (χ1n) is 10.6. The summed E-state index contributed by atoms with van der Waals surface area (Å²) < 4.78 is 2.07. The third-order valence-corrected chi connectivity index (χ3v) is 7.81. The minimum Gasteiger partial charge on any atom is -0.325 e. The molecule has 7 heteroatoms. The number of aryl methyl sites for hydroxylation is 2. The molecule has 1 aliphatic carbocycles. The fourth-order valence-electron chi connectivity index (χ4n) is 3.90. The first-order valence-corrected chi connectivity index (χ1v) is 12.5. The number of allylic oxidation sites excluding steroid dienone is 1. The second-order valence-electron chi connectivity index (χ2n) is 8.24. The summed E-state index contributed by atoms with van der Waals surface area (Å²) in [6, 6.07) is 5.95. The van der Waals surface area contributed by atoms with Gasteiger partial charge in [0.05, 0.1) is 5.75 Å². The predicted octanol–water partition coefficient (Wildman–Crippen LogP) is 5.67. The molecule has 31 heavy (non-hydrogen) atoms. The molecule has 1 aliphatic rings. The summed E-state index contributed by atoms with van der Waals surface area (Å²) in [5, 5.41) is 14.9. The number of amides is 1. The molecule has 1 N–H and O–H groups in total. The maximum atomic E-state index is 12.5. The largest absolute Gasteiger partial charge is 0.325 e. The Morgan fingerprint density at radius 1 is 1.35 bits per heavy atom. The van der Waals surface area contributed by atoms with Gasteiger partial charge in [-0.25, -0.2) is 0 Å². The monoisotopic (exact) mass is 452 g/mol. The SMILES string of the molecule is C=CCn1c(SCC(=O)Nc2ccc(C)c(C)c2)nnc1-c1csc2c1CCC(C)C2. The summed E-state index contributed by atoms with van der Waals surface area (Å²) in [5.41, 5.74) is 5.80. The van der Waals surface area contributed by atoms with Crippen LogP contribution in [0.25, 0.3) is 11.4 Å². The van der Waals surface area contributed by atoms with Crippen molar-refractivity contribution in [2.75, 3.05) is 11.1 Å². The number of fused-ring (bicyclic) bond motifs is 1. The zero-order chi connectivity index (χ0) is 22.0. The fraction of sp³-hybridized carbons (Fsp3) is 0.375. The molecule has 5 nitrogen and oxygen atoms in total. The van der Waals surface area contributed by atoms with Gasteiger partial charge in [0.2, 0.25) is 5.91 Å². The zero-order valence-electron chi connectivity index (χ0n) is 18.3. The lowest BCUT2D eigenvalue weighted by molar-refractivity contribution is -0.113. The number of benzene rings is 1. The summed E-state index contributed by atoms with van der Waals surface area (Å²) in [5.74, 6) is 1.85. The van der Waals surface area contributed by atoms with Crippen molar-refractivity contribution in [3.63, 3.8) is 0 Å². The highest BCUT2D eigenvalue weighted by molar-refractivity contribution is 7.99. The molecule has 162 valence electrons. The highest BCUT2D eigenvalue weighted by atomic mass is 32.2. The van der Waals surface area contributed by atoms with Crippen molar-refractivity contribution in [2.45, 2.75) is 51.7 Å². The molecule has 0 aliphatic heterocycles. The zero-order valence-corrected chi connectivity index (χ0v) is 19.9. The standard InChI is InChI=1S/C24H28N4OS2/c1-5-10-28-23(20-13-30-21-11-15(2)6-9-19(20)21)26-27-24(28)31-14-22(29)25-18-8-7-16(3)17(4)12-18/h5,7-8,12-13,15H,1,6,9-11,14H2,2-4H3,(H,25,29). The van der Waals surface area contributed by atoms with Gasteiger partial charge in [-0.2, -0.15) is 0 Å². The van der Waals surface area contributed by atoms with Crippen LogP contribution in [0.4, 0.5) is 5.69 Å². The van der Waals surface area contributed by atoms with E-state index in [0.717, 1.165) is 41.0 Å². The van der Waals surface area contributed by atoms with Crippen LogP contribution in [0, 0.1) is 19.8 Å². The van der Waals surface area contributed by atoms with E-state index in [9.17, 15) is 4.79 Å². The Kier molecular flexibility index (Phi) is 6.62. The number of thiophene rings is 1. The van der Waals surface area contributed by atoms with Crippen LogP contribution in [0.2, 0.25) is 0 Å².